The highest BCUT2D eigenvalue weighted by Crippen LogP contribution is 2.32. The number of nitrogens with zero attached hydrogens (tertiary/aromatic N) is 3. The second kappa shape index (κ2) is 18.0. The van der Waals surface area contributed by atoms with Crippen molar-refractivity contribution >= 4 is 22.0 Å². The Morgan fingerprint density at radius 3 is 2.37 bits per heavy atom. The Morgan fingerprint density at radius 1 is 1.02 bits per heavy atom. The van der Waals surface area contributed by atoms with Crippen LogP contribution in [-0.2, 0) is 40.7 Å². The lowest BCUT2D eigenvalue weighted by Gasteiger charge is -2.30. The fraction of sp³-hybridized carbons (Fsp3) is 0.472. The number of carbonyl (C=O) groups excluding carboxylic acids is 2. The zero-order chi connectivity index (χ0) is 35.4. The molecular weight excluding hydrogens is 644 g/mol. The maximum Gasteiger partial charge on any atom is 0.318 e. The van der Waals surface area contributed by atoms with Crippen LogP contribution in [0.5, 0.6) is 0 Å². The van der Waals surface area contributed by atoms with Crippen LogP contribution in [0.4, 0.5) is 4.79 Å². The van der Waals surface area contributed by atoms with E-state index in [2.05, 4.69) is 25.5 Å². The van der Waals surface area contributed by atoms with Gasteiger partial charge in [0.25, 0.3) is 0 Å². The summed E-state index contributed by atoms with van der Waals surface area (Å²) < 4.78 is 29.8. The van der Waals surface area contributed by atoms with E-state index in [0.29, 0.717) is 36.4 Å². The molecule has 1 aliphatic rings. The Bertz CT molecular complexity index is 1640. The number of benzene rings is 2. The Balaban J connectivity index is 1.50. The zero-order valence-electron chi connectivity index (χ0n) is 28.4. The molecule has 0 spiro atoms. The number of amides is 3. The van der Waals surface area contributed by atoms with Crippen LogP contribution in [0.2, 0.25) is 0 Å². The summed E-state index contributed by atoms with van der Waals surface area (Å²) in [6.07, 6.45) is 6.50. The highest BCUT2D eigenvalue weighted by molar-refractivity contribution is 7.89. The average molecular weight is 693 g/mol. The summed E-state index contributed by atoms with van der Waals surface area (Å²) in [6, 6.07) is 15.4. The van der Waals surface area contributed by atoms with Crippen LogP contribution in [0.25, 0.3) is 0 Å². The molecule has 1 aliphatic carbocycles. The van der Waals surface area contributed by atoms with Gasteiger partial charge >= 0.3 is 6.03 Å². The minimum atomic E-state index is -4.07. The maximum absolute atomic E-state index is 13.8. The number of nitroso groups, excluding NO2 is 1. The van der Waals surface area contributed by atoms with Crippen molar-refractivity contribution in [1.29, 1.82) is 0 Å². The number of hydrogen-bond acceptors (Lipinski definition) is 8. The molecule has 1 saturated carbocycles. The normalized spacial score (nSPS) is 15.7. The van der Waals surface area contributed by atoms with Gasteiger partial charge in [0, 0.05) is 32.5 Å². The van der Waals surface area contributed by atoms with E-state index < -0.39 is 40.1 Å². The first-order valence-electron chi connectivity index (χ1n) is 16.8. The Labute approximate surface area is 289 Å². The summed E-state index contributed by atoms with van der Waals surface area (Å²) >= 11 is 0. The number of nitrogens with one attached hydrogen (secondary N) is 3. The first-order valence-corrected chi connectivity index (χ1v) is 18.3. The molecule has 1 fully saturated rings. The molecule has 1 aromatic heterocycles. The predicted octanol–water partition coefficient (Wildman–Crippen LogP) is 4.31. The van der Waals surface area contributed by atoms with E-state index >= 15 is 0 Å². The number of aliphatic hydroxyl groups excluding tert-OH is 1. The fourth-order valence-corrected chi connectivity index (χ4v) is 7.13. The minimum Gasteiger partial charge on any atom is -0.390 e. The number of hydrogen-bond donors (Lipinski definition) is 4. The Morgan fingerprint density at radius 2 is 1.73 bits per heavy atom. The molecule has 3 aromatic rings. The molecule has 4 atom stereocenters. The van der Waals surface area contributed by atoms with Crippen LogP contribution >= 0.6 is 0 Å². The quantitative estimate of drug-likeness (QED) is 0.144. The molecule has 4 N–H and O–H groups in total. The van der Waals surface area contributed by atoms with Crippen LogP contribution < -0.4 is 15.4 Å². The number of sulfonamides is 1. The van der Waals surface area contributed by atoms with E-state index in [0.717, 1.165) is 30.4 Å². The first-order chi connectivity index (χ1) is 23.5. The second-order valence-corrected chi connectivity index (χ2v) is 14.7. The third-order valence-electron chi connectivity index (χ3n) is 9.26. The number of rotatable bonds is 18. The summed E-state index contributed by atoms with van der Waals surface area (Å²) in [7, 11) is -2.43. The van der Waals surface area contributed by atoms with E-state index in [1.807, 2.05) is 56.3 Å². The molecule has 4 rings (SSSR count). The number of urea groups is 1. The van der Waals surface area contributed by atoms with Crippen molar-refractivity contribution < 1.29 is 23.1 Å². The highest BCUT2D eigenvalue weighted by atomic mass is 32.2. The predicted molar refractivity (Wildman–Crippen MR) is 188 cm³/mol. The van der Waals surface area contributed by atoms with Crippen molar-refractivity contribution in [2.45, 2.75) is 88.5 Å². The van der Waals surface area contributed by atoms with Gasteiger partial charge in [-0.2, -0.15) is 4.91 Å². The van der Waals surface area contributed by atoms with Crippen LogP contribution in [0.1, 0.15) is 61.8 Å². The van der Waals surface area contributed by atoms with E-state index in [9.17, 15) is 28.0 Å². The van der Waals surface area contributed by atoms with Gasteiger partial charge in [0.15, 0.2) is 0 Å². The lowest BCUT2D eigenvalue weighted by atomic mass is 9.81. The van der Waals surface area contributed by atoms with Crippen LogP contribution in [0, 0.1) is 16.7 Å². The standard InChI is InChI=1S/C36H48N6O6S/c1-4-25(2)34(41-36(45)42(3)24-28-15-17-37-18-16-28)35(44)40-31(21-27-9-6-5-7-10-27)32(43)23-39-49(47,48)33-14-13-29(22-38-46)20-30(33)19-26-11-8-12-26/h5-7,9-10,13-18,20,25-26,31-32,34,39,43H,4,8,11-12,19,21-24H2,1-3H3,(H,40,44)(H,41,45)/t25-,31-,32+,34-/m0/s1. The van der Waals surface area contributed by atoms with Crippen molar-refractivity contribution in [3.8, 4) is 0 Å². The molecular formula is C36H48N6O6S. The molecule has 12 nitrogen and oxygen atoms in total. The van der Waals surface area contributed by atoms with Crippen LogP contribution in [-0.4, -0.2) is 67.1 Å². The smallest absolute Gasteiger partial charge is 0.318 e. The summed E-state index contributed by atoms with van der Waals surface area (Å²) in [5, 5.41) is 20.2. The lowest BCUT2D eigenvalue weighted by molar-refractivity contribution is -0.125. The Kier molecular flexibility index (Phi) is 13.8. The van der Waals surface area contributed by atoms with Crippen molar-refractivity contribution in [2.75, 3.05) is 13.6 Å². The summed E-state index contributed by atoms with van der Waals surface area (Å²) in [5.41, 5.74) is 2.97. The van der Waals surface area contributed by atoms with Crippen LogP contribution in [0.15, 0.2) is 83.1 Å². The van der Waals surface area contributed by atoms with E-state index in [4.69, 9.17) is 0 Å². The molecule has 0 aliphatic heterocycles. The molecule has 3 amide bonds. The third kappa shape index (κ3) is 10.9. The van der Waals surface area contributed by atoms with Gasteiger partial charge in [-0.25, -0.2) is 17.9 Å². The van der Waals surface area contributed by atoms with E-state index in [1.54, 1.807) is 31.6 Å². The second-order valence-electron chi connectivity index (χ2n) is 13.0. The fourth-order valence-electron chi connectivity index (χ4n) is 5.85. The van der Waals surface area contributed by atoms with Crippen LogP contribution in [0.3, 0.4) is 0 Å². The van der Waals surface area contributed by atoms with Crippen molar-refractivity contribution in [1.82, 2.24) is 25.2 Å². The van der Waals surface area contributed by atoms with Gasteiger partial charge in [-0.3, -0.25) is 9.78 Å². The molecule has 13 heteroatoms. The van der Waals surface area contributed by atoms with Gasteiger partial charge in [-0.05, 0) is 65.1 Å². The number of aromatic nitrogens is 1. The van der Waals surface area contributed by atoms with Gasteiger partial charge < -0.3 is 20.6 Å². The average Bonchev–Trinajstić information content (AvgIpc) is 3.08. The molecule has 49 heavy (non-hydrogen) atoms. The molecule has 1 heterocycles. The van der Waals surface area contributed by atoms with Gasteiger partial charge in [-0.15, -0.1) is 0 Å². The highest BCUT2D eigenvalue weighted by Gasteiger charge is 2.32. The van der Waals surface area contributed by atoms with E-state index in [-0.39, 0.29) is 30.3 Å². The number of aliphatic hydroxyl groups is 1. The lowest BCUT2D eigenvalue weighted by Crippen LogP contribution is -2.57. The van der Waals surface area contributed by atoms with E-state index in [1.165, 1.54) is 11.0 Å². The molecule has 0 radical (unpaired) electrons. The maximum atomic E-state index is 13.8. The van der Waals surface area contributed by atoms with Gasteiger partial charge in [0.1, 0.15) is 12.6 Å². The van der Waals surface area contributed by atoms with Gasteiger partial charge in [0.05, 0.1) is 17.0 Å². The zero-order valence-corrected chi connectivity index (χ0v) is 29.2. The SMILES string of the molecule is CC[C@H](C)[C@H](NC(=O)N(C)Cc1ccncc1)C(=O)N[C@@H](Cc1ccccc1)[C@H](O)CNS(=O)(=O)c1ccc(CN=O)cc1CC1CCC1. The van der Waals surface area contributed by atoms with Gasteiger partial charge in [0.2, 0.25) is 15.9 Å². The molecule has 264 valence electrons. The topological polar surface area (TPSA) is 170 Å². The summed E-state index contributed by atoms with van der Waals surface area (Å²) in [5.74, 6) is -0.346. The number of pyridine rings is 1. The molecule has 0 saturated heterocycles. The van der Waals surface area contributed by atoms with Crippen molar-refractivity contribution in [3.63, 3.8) is 0 Å². The van der Waals surface area contributed by atoms with Crippen molar-refractivity contribution in [2.24, 2.45) is 17.0 Å². The monoisotopic (exact) mass is 692 g/mol. The summed E-state index contributed by atoms with van der Waals surface area (Å²) in [4.78, 5) is 43.5. The molecule has 0 bridgehead atoms. The largest absolute Gasteiger partial charge is 0.390 e. The number of carbonyl (C=O) groups is 2. The Hall–Kier alpha value is -4.20. The van der Waals surface area contributed by atoms with Crippen molar-refractivity contribution in [3.05, 3.63) is 100 Å². The summed E-state index contributed by atoms with van der Waals surface area (Å²) in [6.45, 7) is 3.68. The molecule has 0 unspecified atom stereocenters. The third-order valence-corrected chi connectivity index (χ3v) is 10.8. The minimum absolute atomic E-state index is 0.0515. The first kappa shape index (κ1) is 37.6. The molecule has 2 aromatic carbocycles. The van der Waals surface area contributed by atoms with Gasteiger partial charge in [-0.1, -0.05) is 87.2 Å².